The molecule has 1 heterocycles. The van der Waals surface area contributed by atoms with E-state index in [-0.39, 0.29) is 11.7 Å². The SMILES string of the molecule is COc1cc2nc(C)nc(N[C@H](C)c3cccc(C(F)(F)C(C)(C)O)c3F)c2cc1O[C@H](C)COC1CC1. The smallest absolute Gasteiger partial charge is 0.303 e. The maximum absolute atomic E-state index is 15.4. The fourth-order valence-electron chi connectivity index (χ4n) is 4.11. The second-order valence-corrected chi connectivity index (χ2v) is 10.3. The molecule has 206 valence electrons. The van der Waals surface area contributed by atoms with Crippen molar-refractivity contribution in [2.75, 3.05) is 19.0 Å². The standard InChI is InChI=1S/C28H34F3N3O4/c1-15(14-37-18-10-11-18)38-24-12-20-22(13-23(24)36-6)33-17(3)34-26(20)32-16(2)19-8-7-9-21(25(19)29)28(30,31)27(4,5)35/h7-9,12-13,15-16,18,35H,10-11,14H2,1-6H3,(H,32,33,34)/t15-,16-/m1/s1. The van der Waals surface area contributed by atoms with Crippen molar-refractivity contribution in [1.29, 1.82) is 0 Å². The van der Waals surface area contributed by atoms with E-state index in [1.807, 2.05) is 6.92 Å². The molecular formula is C28H34F3N3O4. The summed E-state index contributed by atoms with van der Waals surface area (Å²) >= 11 is 0. The first-order valence-electron chi connectivity index (χ1n) is 12.6. The van der Waals surface area contributed by atoms with Gasteiger partial charge in [-0.15, -0.1) is 0 Å². The van der Waals surface area contributed by atoms with Crippen LogP contribution in [0, 0.1) is 12.7 Å². The van der Waals surface area contributed by atoms with Crippen molar-refractivity contribution in [2.45, 2.75) is 77.2 Å². The zero-order valence-electron chi connectivity index (χ0n) is 22.4. The lowest BCUT2D eigenvalue weighted by molar-refractivity contribution is -0.170. The van der Waals surface area contributed by atoms with E-state index >= 15 is 4.39 Å². The third-order valence-electron chi connectivity index (χ3n) is 6.47. The summed E-state index contributed by atoms with van der Waals surface area (Å²) in [7, 11) is 1.54. The molecule has 0 amide bonds. The maximum atomic E-state index is 15.4. The molecule has 1 saturated carbocycles. The van der Waals surface area contributed by atoms with Gasteiger partial charge in [-0.1, -0.05) is 12.1 Å². The van der Waals surface area contributed by atoms with Gasteiger partial charge < -0.3 is 24.6 Å². The highest BCUT2D eigenvalue weighted by atomic mass is 19.3. The Morgan fingerprint density at radius 1 is 1.13 bits per heavy atom. The lowest BCUT2D eigenvalue weighted by Crippen LogP contribution is -2.41. The quantitative estimate of drug-likeness (QED) is 0.310. The average Bonchev–Trinajstić information content (AvgIpc) is 3.66. The number of rotatable bonds is 11. The summed E-state index contributed by atoms with van der Waals surface area (Å²) in [6.45, 7) is 7.59. The van der Waals surface area contributed by atoms with Crippen LogP contribution in [0.15, 0.2) is 30.3 Å². The Morgan fingerprint density at radius 3 is 2.47 bits per heavy atom. The normalized spacial score (nSPS) is 15.8. The topological polar surface area (TPSA) is 85.7 Å². The Labute approximate surface area is 220 Å². The molecule has 2 atom stereocenters. The highest BCUT2D eigenvalue weighted by Gasteiger charge is 2.49. The second kappa shape index (κ2) is 10.6. The molecule has 7 nitrogen and oxygen atoms in total. The van der Waals surface area contributed by atoms with E-state index < -0.39 is 28.9 Å². The van der Waals surface area contributed by atoms with Crippen molar-refractivity contribution >= 4 is 16.7 Å². The molecule has 0 bridgehead atoms. The van der Waals surface area contributed by atoms with Gasteiger partial charge in [-0.05, 0) is 59.6 Å². The van der Waals surface area contributed by atoms with E-state index in [1.54, 1.807) is 26.0 Å². The molecule has 1 aromatic heterocycles. The molecule has 38 heavy (non-hydrogen) atoms. The number of aromatic nitrogens is 2. The van der Waals surface area contributed by atoms with Crippen LogP contribution in [-0.2, 0) is 10.7 Å². The van der Waals surface area contributed by atoms with E-state index in [1.165, 1.54) is 19.2 Å². The van der Waals surface area contributed by atoms with E-state index in [9.17, 15) is 13.9 Å². The number of aryl methyl sites for hydroxylation is 1. The molecule has 0 saturated heterocycles. The minimum absolute atomic E-state index is 0.00618. The number of nitrogens with zero attached hydrogens (tertiary/aromatic N) is 2. The fraction of sp³-hybridized carbons (Fsp3) is 0.500. The molecule has 0 radical (unpaired) electrons. The van der Waals surface area contributed by atoms with Gasteiger partial charge in [0.1, 0.15) is 29.2 Å². The first-order chi connectivity index (χ1) is 17.8. The van der Waals surface area contributed by atoms with Gasteiger partial charge in [-0.3, -0.25) is 0 Å². The summed E-state index contributed by atoms with van der Waals surface area (Å²) in [4.78, 5) is 8.99. The first-order valence-corrected chi connectivity index (χ1v) is 12.6. The maximum Gasteiger partial charge on any atom is 0.303 e. The highest BCUT2D eigenvalue weighted by Crippen LogP contribution is 2.42. The van der Waals surface area contributed by atoms with E-state index in [2.05, 4.69) is 15.3 Å². The molecule has 10 heteroatoms. The first kappa shape index (κ1) is 27.9. The molecule has 3 aromatic rings. The van der Waals surface area contributed by atoms with Crippen LogP contribution in [0.1, 0.15) is 63.5 Å². The molecule has 4 rings (SSSR count). The third kappa shape index (κ3) is 5.81. The predicted octanol–water partition coefficient (Wildman–Crippen LogP) is 6.07. The monoisotopic (exact) mass is 533 g/mol. The Balaban J connectivity index is 1.67. The number of nitrogens with one attached hydrogen (secondary N) is 1. The molecule has 0 aliphatic heterocycles. The summed E-state index contributed by atoms with van der Waals surface area (Å²) in [5, 5.41) is 13.7. The Kier molecular flexibility index (Phi) is 7.76. The molecule has 0 spiro atoms. The molecule has 2 aromatic carbocycles. The minimum atomic E-state index is -3.80. The van der Waals surface area contributed by atoms with Crippen LogP contribution in [-0.4, -0.2) is 46.6 Å². The molecule has 0 unspecified atom stereocenters. The van der Waals surface area contributed by atoms with Crippen molar-refractivity contribution in [2.24, 2.45) is 0 Å². The number of alkyl halides is 2. The number of benzene rings is 2. The Hall–Kier alpha value is -3.11. The third-order valence-corrected chi connectivity index (χ3v) is 6.47. The van der Waals surface area contributed by atoms with E-state index in [0.29, 0.717) is 46.8 Å². The Bertz CT molecular complexity index is 1310. The van der Waals surface area contributed by atoms with E-state index in [0.717, 1.165) is 32.8 Å². The summed E-state index contributed by atoms with van der Waals surface area (Å²) in [5.41, 5.74) is -2.74. The number of aliphatic hydroxyl groups is 1. The van der Waals surface area contributed by atoms with Crippen molar-refractivity contribution in [3.8, 4) is 11.5 Å². The van der Waals surface area contributed by atoms with Crippen LogP contribution in [0.3, 0.4) is 0 Å². The van der Waals surface area contributed by atoms with Crippen LogP contribution in [0.2, 0.25) is 0 Å². The zero-order chi connectivity index (χ0) is 27.8. The fourth-order valence-corrected chi connectivity index (χ4v) is 4.11. The number of anilines is 1. The minimum Gasteiger partial charge on any atom is -0.493 e. The highest BCUT2D eigenvalue weighted by molar-refractivity contribution is 5.92. The summed E-state index contributed by atoms with van der Waals surface area (Å²) < 4.78 is 62.4. The summed E-state index contributed by atoms with van der Waals surface area (Å²) in [5.74, 6) is -3.10. The molecule has 1 aliphatic carbocycles. The van der Waals surface area contributed by atoms with Crippen molar-refractivity contribution in [3.05, 3.63) is 53.1 Å². The van der Waals surface area contributed by atoms with Crippen molar-refractivity contribution < 1.29 is 32.5 Å². The van der Waals surface area contributed by atoms with Gasteiger partial charge in [-0.2, -0.15) is 8.78 Å². The number of hydrogen-bond acceptors (Lipinski definition) is 7. The largest absolute Gasteiger partial charge is 0.493 e. The Morgan fingerprint density at radius 2 is 1.84 bits per heavy atom. The van der Waals surface area contributed by atoms with Gasteiger partial charge in [0.2, 0.25) is 0 Å². The lowest BCUT2D eigenvalue weighted by Gasteiger charge is -2.30. The average molecular weight is 534 g/mol. The number of methoxy groups -OCH3 is 1. The van der Waals surface area contributed by atoms with Crippen LogP contribution >= 0.6 is 0 Å². The molecule has 2 N–H and O–H groups in total. The molecule has 1 aliphatic rings. The molecule has 1 fully saturated rings. The van der Waals surface area contributed by atoms with Crippen molar-refractivity contribution in [3.63, 3.8) is 0 Å². The zero-order valence-corrected chi connectivity index (χ0v) is 22.4. The van der Waals surface area contributed by atoms with Gasteiger partial charge in [0.25, 0.3) is 0 Å². The van der Waals surface area contributed by atoms with Gasteiger partial charge in [0, 0.05) is 17.0 Å². The van der Waals surface area contributed by atoms with Gasteiger partial charge in [-0.25, -0.2) is 14.4 Å². The number of ether oxygens (including phenoxy) is 3. The molecular weight excluding hydrogens is 499 g/mol. The van der Waals surface area contributed by atoms with Crippen LogP contribution in [0.4, 0.5) is 19.0 Å². The van der Waals surface area contributed by atoms with Gasteiger partial charge in [0.15, 0.2) is 11.5 Å². The second-order valence-electron chi connectivity index (χ2n) is 10.3. The number of halogens is 3. The van der Waals surface area contributed by atoms with Crippen LogP contribution < -0.4 is 14.8 Å². The number of fused-ring (bicyclic) bond motifs is 1. The van der Waals surface area contributed by atoms with Crippen LogP contribution in [0.5, 0.6) is 11.5 Å². The number of hydrogen-bond donors (Lipinski definition) is 2. The van der Waals surface area contributed by atoms with E-state index in [4.69, 9.17) is 14.2 Å². The van der Waals surface area contributed by atoms with Crippen LogP contribution in [0.25, 0.3) is 10.9 Å². The predicted molar refractivity (Wildman–Crippen MR) is 139 cm³/mol. The van der Waals surface area contributed by atoms with Gasteiger partial charge >= 0.3 is 5.92 Å². The summed E-state index contributed by atoms with van der Waals surface area (Å²) in [6.07, 6.45) is 2.19. The van der Waals surface area contributed by atoms with Gasteiger partial charge in [0.05, 0.1) is 36.9 Å². The van der Waals surface area contributed by atoms with Crippen molar-refractivity contribution in [1.82, 2.24) is 9.97 Å². The summed E-state index contributed by atoms with van der Waals surface area (Å²) in [6, 6.07) is 6.48. The lowest BCUT2D eigenvalue weighted by atomic mass is 9.91.